The summed E-state index contributed by atoms with van der Waals surface area (Å²) < 4.78 is 4.97. The van der Waals surface area contributed by atoms with Crippen LogP contribution in [-0.2, 0) is 0 Å². The van der Waals surface area contributed by atoms with Crippen LogP contribution in [0.5, 0.6) is 5.75 Å². The first-order valence-corrected chi connectivity index (χ1v) is 5.12. The molecule has 14 heavy (non-hydrogen) atoms. The number of ether oxygens (including phenoxy) is 1. The molecule has 5 heteroatoms. The molecular formula is C9H11NO3S. The van der Waals surface area contributed by atoms with Crippen LogP contribution in [0, 0.1) is 10.1 Å². The Morgan fingerprint density at radius 2 is 2.21 bits per heavy atom. The van der Waals surface area contributed by atoms with E-state index in [9.17, 15) is 10.1 Å². The van der Waals surface area contributed by atoms with Gasteiger partial charge in [0.1, 0.15) is 5.75 Å². The molecule has 1 rings (SSSR count). The Balaban J connectivity index is 3.06. The van der Waals surface area contributed by atoms with Crippen molar-refractivity contribution in [3.05, 3.63) is 28.3 Å². The van der Waals surface area contributed by atoms with Crippen molar-refractivity contribution in [2.45, 2.75) is 11.8 Å². The SMILES string of the molecule is CCSc1cc(OC)cc([N+](=O)[O-])c1. The minimum Gasteiger partial charge on any atom is -0.496 e. The molecule has 0 aromatic heterocycles. The number of non-ortho nitro benzene ring substituents is 1. The van der Waals surface area contributed by atoms with Crippen molar-refractivity contribution in [1.82, 2.24) is 0 Å². The normalized spacial score (nSPS) is 9.86. The fourth-order valence-corrected chi connectivity index (χ4v) is 1.77. The highest BCUT2D eigenvalue weighted by molar-refractivity contribution is 7.99. The van der Waals surface area contributed by atoms with Gasteiger partial charge in [0.15, 0.2) is 0 Å². The summed E-state index contributed by atoms with van der Waals surface area (Å²) in [4.78, 5) is 11.0. The molecule has 4 nitrogen and oxygen atoms in total. The van der Waals surface area contributed by atoms with E-state index in [2.05, 4.69) is 0 Å². The van der Waals surface area contributed by atoms with Gasteiger partial charge in [-0.2, -0.15) is 0 Å². The second-order valence-electron chi connectivity index (χ2n) is 2.56. The van der Waals surface area contributed by atoms with E-state index in [0.717, 1.165) is 10.6 Å². The van der Waals surface area contributed by atoms with Gasteiger partial charge in [-0.15, -0.1) is 11.8 Å². The fraction of sp³-hybridized carbons (Fsp3) is 0.333. The van der Waals surface area contributed by atoms with Crippen LogP contribution in [0.1, 0.15) is 6.92 Å². The van der Waals surface area contributed by atoms with Gasteiger partial charge in [0.25, 0.3) is 5.69 Å². The number of hydrogen-bond donors (Lipinski definition) is 0. The molecule has 0 fully saturated rings. The molecule has 0 unspecified atom stereocenters. The Bertz CT molecular complexity index is 341. The number of rotatable bonds is 4. The zero-order valence-corrected chi connectivity index (χ0v) is 8.84. The fourth-order valence-electron chi connectivity index (χ4n) is 1.03. The maximum Gasteiger partial charge on any atom is 0.274 e. The van der Waals surface area contributed by atoms with Crippen molar-refractivity contribution < 1.29 is 9.66 Å². The van der Waals surface area contributed by atoms with Crippen LogP contribution in [0.2, 0.25) is 0 Å². The van der Waals surface area contributed by atoms with E-state index >= 15 is 0 Å². The first-order valence-electron chi connectivity index (χ1n) is 4.13. The van der Waals surface area contributed by atoms with Crippen LogP contribution >= 0.6 is 11.8 Å². The van der Waals surface area contributed by atoms with Gasteiger partial charge in [-0.25, -0.2) is 0 Å². The number of benzene rings is 1. The third-order valence-corrected chi connectivity index (χ3v) is 2.48. The lowest BCUT2D eigenvalue weighted by Crippen LogP contribution is -1.91. The molecule has 0 amide bonds. The van der Waals surface area contributed by atoms with Crippen LogP contribution in [0.15, 0.2) is 23.1 Å². The summed E-state index contributed by atoms with van der Waals surface area (Å²) in [6, 6.07) is 4.76. The number of nitro benzene ring substituents is 1. The number of methoxy groups -OCH3 is 1. The Hall–Kier alpha value is -1.23. The number of thioether (sulfide) groups is 1. The number of hydrogen-bond acceptors (Lipinski definition) is 4. The summed E-state index contributed by atoms with van der Waals surface area (Å²) in [7, 11) is 1.50. The van der Waals surface area contributed by atoms with Gasteiger partial charge < -0.3 is 4.74 Å². The van der Waals surface area contributed by atoms with E-state index in [-0.39, 0.29) is 5.69 Å². The molecule has 0 aliphatic rings. The van der Waals surface area contributed by atoms with Crippen molar-refractivity contribution in [2.75, 3.05) is 12.9 Å². The maximum atomic E-state index is 10.6. The van der Waals surface area contributed by atoms with Gasteiger partial charge in [-0.1, -0.05) is 6.92 Å². The van der Waals surface area contributed by atoms with E-state index in [1.807, 2.05) is 6.92 Å². The monoisotopic (exact) mass is 213 g/mol. The molecule has 1 aromatic carbocycles. The molecule has 1 aromatic rings. The highest BCUT2D eigenvalue weighted by Gasteiger charge is 2.09. The summed E-state index contributed by atoms with van der Waals surface area (Å²) >= 11 is 1.55. The van der Waals surface area contributed by atoms with Crippen LogP contribution in [0.4, 0.5) is 5.69 Å². The van der Waals surface area contributed by atoms with Gasteiger partial charge in [-0.05, 0) is 11.8 Å². The lowest BCUT2D eigenvalue weighted by molar-refractivity contribution is -0.385. The van der Waals surface area contributed by atoms with Gasteiger partial charge in [-0.3, -0.25) is 10.1 Å². The predicted octanol–water partition coefficient (Wildman–Crippen LogP) is 2.72. The van der Waals surface area contributed by atoms with E-state index in [4.69, 9.17) is 4.74 Å². The molecule has 0 N–H and O–H groups in total. The number of nitrogens with zero attached hydrogens (tertiary/aromatic N) is 1. The summed E-state index contributed by atoms with van der Waals surface area (Å²) in [6.07, 6.45) is 0. The van der Waals surface area contributed by atoms with Gasteiger partial charge >= 0.3 is 0 Å². The Kier molecular flexibility index (Phi) is 3.76. The topological polar surface area (TPSA) is 52.4 Å². The summed E-state index contributed by atoms with van der Waals surface area (Å²) in [5.41, 5.74) is 0.0697. The summed E-state index contributed by atoms with van der Waals surface area (Å²) in [6.45, 7) is 2.00. The predicted molar refractivity (Wildman–Crippen MR) is 56.0 cm³/mol. The van der Waals surface area contributed by atoms with Crippen molar-refractivity contribution >= 4 is 17.4 Å². The second kappa shape index (κ2) is 4.85. The van der Waals surface area contributed by atoms with Crippen molar-refractivity contribution in [3.8, 4) is 5.75 Å². The molecular weight excluding hydrogens is 202 g/mol. The molecule has 0 radical (unpaired) electrons. The van der Waals surface area contributed by atoms with Gasteiger partial charge in [0.05, 0.1) is 18.1 Å². The molecule has 0 heterocycles. The first-order chi connectivity index (χ1) is 6.67. The van der Waals surface area contributed by atoms with Gasteiger partial charge in [0, 0.05) is 11.0 Å². The van der Waals surface area contributed by atoms with Crippen LogP contribution in [-0.4, -0.2) is 17.8 Å². The average Bonchev–Trinajstić information content (AvgIpc) is 2.17. The Labute approximate surface area is 86.4 Å². The molecule has 0 spiro atoms. The zero-order chi connectivity index (χ0) is 10.6. The van der Waals surface area contributed by atoms with Crippen LogP contribution < -0.4 is 4.74 Å². The third-order valence-electron chi connectivity index (χ3n) is 1.62. The van der Waals surface area contributed by atoms with E-state index in [1.54, 1.807) is 23.9 Å². The van der Waals surface area contributed by atoms with E-state index in [1.165, 1.54) is 13.2 Å². The summed E-state index contributed by atoms with van der Waals surface area (Å²) in [5.74, 6) is 1.40. The summed E-state index contributed by atoms with van der Waals surface area (Å²) in [5, 5.41) is 10.6. The minimum absolute atomic E-state index is 0.0697. The second-order valence-corrected chi connectivity index (χ2v) is 3.89. The molecule has 0 saturated heterocycles. The lowest BCUT2D eigenvalue weighted by atomic mass is 10.3. The van der Waals surface area contributed by atoms with E-state index < -0.39 is 4.92 Å². The maximum absolute atomic E-state index is 10.6. The van der Waals surface area contributed by atoms with Crippen LogP contribution in [0.3, 0.4) is 0 Å². The minimum atomic E-state index is -0.414. The quantitative estimate of drug-likeness (QED) is 0.438. The molecule has 0 atom stereocenters. The smallest absolute Gasteiger partial charge is 0.274 e. The van der Waals surface area contributed by atoms with Crippen molar-refractivity contribution in [3.63, 3.8) is 0 Å². The molecule has 0 aliphatic heterocycles. The van der Waals surface area contributed by atoms with Crippen molar-refractivity contribution in [2.24, 2.45) is 0 Å². The Morgan fingerprint density at radius 1 is 1.50 bits per heavy atom. The highest BCUT2D eigenvalue weighted by Crippen LogP contribution is 2.28. The molecule has 76 valence electrons. The standard InChI is InChI=1S/C9H11NO3S/c1-3-14-9-5-7(10(11)12)4-8(6-9)13-2/h4-6H,3H2,1-2H3. The molecule has 0 saturated carbocycles. The number of nitro groups is 1. The first kappa shape index (κ1) is 10.8. The zero-order valence-electron chi connectivity index (χ0n) is 8.02. The van der Waals surface area contributed by atoms with E-state index in [0.29, 0.717) is 5.75 Å². The lowest BCUT2D eigenvalue weighted by Gasteiger charge is -2.03. The van der Waals surface area contributed by atoms with Gasteiger partial charge in [0.2, 0.25) is 0 Å². The van der Waals surface area contributed by atoms with Crippen molar-refractivity contribution in [1.29, 1.82) is 0 Å². The highest BCUT2D eigenvalue weighted by atomic mass is 32.2. The largest absolute Gasteiger partial charge is 0.496 e. The Morgan fingerprint density at radius 3 is 2.71 bits per heavy atom. The average molecular weight is 213 g/mol. The molecule has 0 aliphatic carbocycles. The molecule has 0 bridgehead atoms. The van der Waals surface area contributed by atoms with Crippen LogP contribution in [0.25, 0.3) is 0 Å². The third kappa shape index (κ3) is 2.63.